The maximum atomic E-state index is 5.53. The van der Waals surface area contributed by atoms with E-state index in [0.29, 0.717) is 17.7 Å². The fourth-order valence-corrected chi connectivity index (χ4v) is 1.37. The van der Waals surface area contributed by atoms with Gasteiger partial charge in [0.1, 0.15) is 11.6 Å². The lowest BCUT2D eigenvalue weighted by molar-refractivity contribution is 0.687. The van der Waals surface area contributed by atoms with E-state index in [-0.39, 0.29) is 5.95 Å². The van der Waals surface area contributed by atoms with Crippen molar-refractivity contribution in [3.63, 3.8) is 0 Å². The van der Waals surface area contributed by atoms with Crippen molar-refractivity contribution in [2.24, 2.45) is 5.84 Å². The maximum Gasteiger partial charge on any atom is 0.223 e. The standard InChI is InChI=1S/C9H18N6/c1-3-4-6(2)12-7-5-8(15-11)14-9(10)13-7/h5-6H,3-4,11H2,1-2H3,(H4,10,12,13,14,15). The van der Waals surface area contributed by atoms with E-state index in [4.69, 9.17) is 11.6 Å². The Labute approximate surface area is 89.4 Å². The topological polar surface area (TPSA) is 102 Å². The molecular weight excluding hydrogens is 192 g/mol. The van der Waals surface area contributed by atoms with Gasteiger partial charge in [0.15, 0.2) is 0 Å². The highest BCUT2D eigenvalue weighted by Crippen LogP contribution is 2.13. The monoisotopic (exact) mass is 210 g/mol. The fourth-order valence-electron chi connectivity index (χ4n) is 1.37. The number of hydrogen-bond acceptors (Lipinski definition) is 6. The Morgan fingerprint density at radius 1 is 1.40 bits per heavy atom. The van der Waals surface area contributed by atoms with Crippen molar-refractivity contribution in [2.75, 3.05) is 16.5 Å². The van der Waals surface area contributed by atoms with E-state index >= 15 is 0 Å². The van der Waals surface area contributed by atoms with Crippen molar-refractivity contribution in [3.05, 3.63) is 6.07 Å². The number of rotatable bonds is 5. The summed E-state index contributed by atoms with van der Waals surface area (Å²) in [7, 11) is 0. The minimum absolute atomic E-state index is 0.205. The second-order valence-corrected chi connectivity index (χ2v) is 3.48. The first-order valence-corrected chi connectivity index (χ1v) is 5.03. The average Bonchev–Trinajstić information content (AvgIpc) is 2.17. The molecule has 0 spiro atoms. The summed E-state index contributed by atoms with van der Waals surface area (Å²) in [4.78, 5) is 7.96. The number of nitrogens with zero attached hydrogens (tertiary/aromatic N) is 2. The minimum Gasteiger partial charge on any atom is -0.368 e. The normalized spacial score (nSPS) is 12.2. The molecule has 1 atom stereocenters. The number of hydrazine groups is 1. The van der Waals surface area contributed by atoms with Crippen LogP contribution in [0.1, 0.15) is 26.7 Å². The van der Waals surface area contributed by atoms with Crippen molar-refractivity contribution >= 4 is 17.6 Å². The lowest BCUT2D eigenvalue weighted by Crippen LogP contribution is -2.17. The second-order valence-electron chi connectivity index (χ2n) is 3.48. The molecule has 0 aliphatic heterocycles. The van der Waals surface area contributed by atoms with E-state index in [9.17, 15) is 0 Å². The van der Waals surface area contributed by atoms with Gasteiger partial charge >= 0.3 is 0 Å². The van der Waals surface area contributed by atoms with E-state index in [2.05, 4.69) is 34.6 Å². The van der Waals surface area contributed by atoms with Gasteiger partial charge in [-0.25, -0.2) is 5.84 Å². The van der Waals surface area contributed by atoms with Gasteiger partial charge in [-0.15, -0.1) is 0 Å². The number of nitrogens with one attached hydrogen (secondary N) is 2. The molecule has 0 bridgehead atoms. The molecule has 6 nitrogen and oxygen atoms in total. The SMILES string of the molecule is CCCC(C)Nc1cc(NN)nc(N)n1. The van der Waals surface area contributed by atoms with E-state index in [1.54, 1.807) is 6.07 Å². The van der Waals surface area contributed by atoms with Crippen molar-refractivity contribution in [2.45, 2.75) is 32.7 Å². The van der Waals surface area contributed by atoms with Crippen LogP contribution in [-0.2, 0) is 0 Å². The van der Waals surface area contributed by atoms with Gasteiger partial charge in [-0.05, 0) is 13.3 Å². The minimum atomic E-state index is 0.205. The summed E-state index contributed by atoms with van der Waals surface area (Å²) in [6.07, 6.45) is 2.20. The van der Waals surface area contributed by atoms with Crippen molar-refractivity contribution in [1.29, 1.82) is 0 Å². The van der Waals surface area contributed by atoms with Crippen LogP contribution in [0.3, 0.4) is 0 Å². The molecule has 6 N–H and O–H groups in total. The molecular formula is C9H18N6. The molecule has 1 aromatic heterocycles. The van der Waals surface area contributed by atoms with E-state index in [0.717, 1.165) is 12.8 Å². The number of anilines is 3. The fraction of sp³-hybridized carbons (Fsp3) is 0.556. The molecule has 15 heavy (non-hydrogen) atoms. The Balaban J connectivity index is 2.71. The average molecular weight is 210 g/mol. The quantitative estimate of drug-likeness (QED) is 0.426. The molecule has 0 aliphatic carbocycles. The van der Waals surface area contributed by atoms with Gasteiger partial charge in [-0.2, -0.15) is 9.97 Å². The van der Waals surface area contributed by atoms with Crippen LogP contribution in [-0.4, -0.2) is 16.0 Å². The highest BCUT2D eigenvalue weighted by Gasteiger charge is 2.04. The maximum absolute atomic E-state index is 5.53. The lowest BCUT2D eigenvalue weighted by Gasteiger charge is -2.14. The van der Waals surface area contributed by atoms with Gasteiger partial charge in [0.05, 0.1) is 0 Å². The Morgan fingerprint density at radius 3 is 2.67 bits per heavy atom. The highest BCUT2D eigenvalue weighted by atomic mass is 15.3. The van der Waals surface area contributed by atoms with Crippen molar-refractivity contribution in [1.82, 2.24) is 9.97 Å². The van der Waals surface area contributed by atoms with Gasteiger partial charge in [-0.1, -0.05) is 13.3 Å². The molecule has 1 unspecified atom stereocenters. The van der Waals surface area contributed by atoms with E-state index in [1.165, 1.54) is 0 Å². The summed E-state index contributed by atoms with van der Waals surface area (Å²) in [5.74, 6) is 6.66. The molecule has 84 valence electrons. The lowest BCUT2D eigenvalue weighted by atomic mass is 10.2. The summed E-state index contributed by atoms with van der Waals surface area (Å²) in [5.41, 5.74) is 7.97. The summed E-state index contributed by atoms with van der Waals surface area (Å²) in [6.45, 7) is 4.23. The first kappa shape index (κ1) is 11.5. The molecule has 0 radical (unpaired) electrons. The van der Waals surface area contributed by atoms with Gasteiger partial charge in [-0.3, -0.25) is 0 Å². The number of hydrogen-bond donors (Lipinski definition) is 4. The van der Waals surface area contributed by atoms with Crippen LogP contribution < -0.4 is 22.3 Å². The van der Waals surface area contributed by atoms with Gasteiger partial charge in [0.2, 0.25) is 5.95 Å². The number of aromatic nitrogens is 2. The van der Waals surface area contributed by atoms with Crippen LogP contribution >= 0.6 is 0 Å². The van der Waals surface area contributed by atoms with E-state index in [1.807, 2.05) is 0 Å². The molecule has 0 aromatic carbocycles. The third-order valence-corrected chi connectivity index (χ3v) is 2.01. The summed E-state index contributed by atoms with van der Waals surface area (Å²) < 4.78 is 0. The molecule has 0 saturated carbocycles. The Bertz CT molecular complexity index is 313. The summed E-state index contributed by atoms with van der Waals surface area (Å²) in [6, 6.07) is 2.08. The summed E-state index contributed by atoms with van der Waals surface area (Å²) in [5, 5.41) is 3.23. The van der Waals surface area contributed by atoms with Crippen LogP contribution in [0.2, 0.25) is 0 Å². The molecule has 1 rings (SSSR count). The molecule has 1 aromatic rings. The molecule has 6 heteroatoms. The van der Waals surface area contributed by atoms with Crippen LogP contribution in [0, 0.1) is 0 Å². The van der Waals surface area contributed by atoms with Crippen molar-refractivity contribution in [3.8, 4) is 0 Å². The molecule has 0 aliphatic rings. The summed E-state index contributed by atoms with van der Waals surface area (Å²) >= 11 is 0. The molecule has 0 saturated heterocycles. The predicted octanol–water partition coefficient (Wildman–Crippen LogP) is 0.945. The molecule has 0 amide bonds. The largest absolute Gasteiger partial charge is 0.368 e. The first-order valence-electron chi connectivity index (χ1n) is 5.03. The zero-order valence-corrected chi connectivity index (χ0v) is 9.12. The van der Waals surface area contributed by atoms with Crippen LogP contribution in [0.15, 0.2) is 6.07 Å². The third kappa shape index (κ3) is 3.59. The van der Waals surface area contributed by atoms with Crippen LogP contribution in [0.4, 0.5) is 17.6 Å². The third-order valence-electron chi connectivity index (χ3n) is 2.01. The van der Waals surface area contributed by atoms with E-state index < -0.39 is 0 Å². The molecule has 1 heterocycles. The Hall–Kier alpha value is -1.56. The van der Waals surface area contributed by atoms with Gasteiger partial charge in [0.25, 0.3) is 0 Å². The number of nitrogen functional groups attached to an aromatic ring is 2. The first-order chi connectivity index (χ1) is 7.15. The second kappa shape index (κ2) is 5.35. The smallest absolute Gasteiger partial charge is 0.223 e. The zero-order valence-electron chi connectivity index (χ0n) is 9.12. The number of nitrogens with two attached hydrogens (primary N) is 2. The van der Waals surface area contributed by atoms with Gasteiger partial charge < -0.3 is 16.5 Å². The molecule has 0 fully saturated rings. The highest BCUT2D eigenvalue weighted by molar-refractivity contribution is 5.50. The Morgan fingerprint density at radius 2 is 2.07 bits per heavy atom. The van der Waals surface area contributed by atoms with Crippen LogP contribution in [0.5, 0.6) is 0 Å². The van der Waals surface area contributed by atoms with Crippen LogP contribution in [0.25, 0.3) is 0 Å². The van der Waals surface area contributed by atoms with Crippen molar-refractivity contribution < 1.29 is 0 Å². The zero-order chi connectivity index (χ0) is 11.3. The van der Waals surface area contributed by atoms with Gasteiger partial charge in [0, 0.05) is 12.1 Å². The predicted molar refractivity (Wildman–Crippen MR) is 62.2 cm³/mol. The Kier molecular flexibility index (Phi) is 4.11.